The number of carbonyl (C=O) groups excluding carboxylic acids is 1. The highest BCUT2D eigenvalue weighted by atomic mass is 19.1. The third-order valence-electron chi connectivity index (χ3n) is 6.05. The minimum Gasteiger partial charge on any atom is -0.486 e. The van der Waals surface area contributed by atoms with E-state index in [1.54, 1.807) is 16.8 Å². The monoisotopic (exact) mass is 360 g/mol. The van der Waals surface area contributed by atoms with Crippen molar-refractivity contribution in [1.82, 2.24) is 9.38 Å². The second-order valence-electron chi connectivity index (χ2n) is 8.08. The molecule has 2 aromatic heterocycles. The number of hydrogen-bond donors (Lipinski definition) is 0. The third-order valence-corrected chi connectivity index (χ3v) is 6.05. The first-order valence-electron chi connectivity index (χ1n) is 9.04. The van der Waals surface area contributed by atoms with E-state index in [2.05, 4.69) is 11.9 Å². The number of imidazole rings is 1. The number of halogens is 1. The molecule has 6 rings (SSSR count). The van der Waals surface area contributed by atoms with Crippen molar-refractivity contribution in [1.29, 1.82) is 0 Å². The fourth-order valence-corrected chi connectivity index (χ4v) is 4.50. The number of aromatic nitrogens is 2. The van der Waals surface area contributed by atoms with Crippen LogP contribution in [0.15, 0.2) is 12.4 Å². The van der Waals surface area contributed by atoms with Crippen LogP contribution in [0.4, 0.5) is 4.39 Å². The van der Waals surface area contributed by atoms with Crippen LogP contribution in [0.3, 0.4) is 0 Å². The van der Waals surface area contributed by atoms with Gasteiger partial charge >= 0.3 is 5.97 Å². The maximum absolute atomic E-state index is 15.2. The van der Waals surface area contributed by atoms with Gasteiger partial charge in [-0.3, -0.25) is 0 Å². The van der Waals surface area contributed by atoms with Crippen LogP contribution in [-0.2, 0) is 14.9 Å². The molecule has 4 fully saturated rings. The molecule has 2 bridgehead atoms. The maximum atomic E-state index is 15.2. The lowest BCUT2D eigenvalue weighted by Gasteiger charge is -2.41. The lowest BCUT2D eigenvalue weighted by atomic mass is 9.62. The number of hydrogen-bond acceptors (Lipinski definition) is 5. The van der Waals surface area contributed by atoms with Gasteiger partial charge in [0.2, 0.25) is 5.82 Å². The molecule has 7 heteroatoms. The average molecular weight is 360 g/mol. The van der Waals surface area contributed by atoms with Gasteiger partial charge in [0.15, 0.2) is 11.4 Å². The van der Waals surface area contributed by atoms with Crippen LogP contribution in [0.2, 0.25) is 0 Å². The Kier molecular flexibility index (Phi) is 3.20. The molecule has 2 aliphatic carbocycles. The predicted octanol–water partition coefficient (Wildman–Crippen LogP) is 3.01. The second kappa shape index (κ2) is 5.19. The fraction of sp³-hybridized carbons (Fsp3) is 0.579. The molecule has 0 amide bonds. The first-order chi connectivity index (χ1) is 12.4. The van der Waals surface area contributed by atoms with Crippen molar-refractivity contribution in [2.24, 2.45) is 0 Å². The molecule has 0 spiro atoms. The van der Waals surface area contributed by atoms with Crippen molar-refractivity contribution in [3.8, 4) is 5.75 Å². The molecular weight excluding hydrogens is 339 g/mol. The van der Waals surface area contributed by atoms with E-state index in [1.165, 1.54) is 7.11 Å². The molecule has 0 unspecified atom stereocenters. The minimum atomic E-state index is -0.617. The van der Waals surface area contributed by atoms with Gasteiger partial charge in [-0.2, -0.15) is 4.39 Å². The average Bonchev–Trinajstić information content (AvgIpc) is 3.22. The number of methoxy groups -OCH3 is 1. The van der Waals surface area contributed by atoms with Crippen molar-refractivity contribution in [3.05, 3.63) is 29.5 Å². The minimum absolute atomic E-state index is 0.0511. The smallest absolute Gasteiger partial charge is 0.343 e. The summed E-state index contributed by atoms with van der Waals surface area (Å²) in [5, 5.41) is 0. The number of fused-ring (bicyclic) bond motifs is 2. The van der Waals surface area contributed by atoms with Gasteiger partial charge in [0.05, 0.1) is 31.1 Å². The number of pyridine rings is 1. The van der Waals surface area contributed by atoms with Crippen LogP contribution >= 0.6 is 0 Å². The summed E-state index contributed by atoms with van der Waals surface area (Å²) in [5.41, 5.74) is 0.851. The van der Waals surface area contributed by atoms with Crippen LogP contribution in [0.1, 0.15) is 55.1 Å². The third kappa shape index (κ3) is 2.13. The molecule has 2 saturated heterocycles. The Bertz CT molecular complexity index is 912. The van der Waals surface area contributed by atoms with Crippen molar-refractivity contribution in [2.45, 2.75) is 56.1 Å². The summed E-state index contributed by atoms with van der Waals surface area (Å²) in [5.74, 6) is -1.28. The first kappa shape index (κ1) is 16.1. The van der Waals surface area contributed by atoms with Crippen molar-refractivity contribution < 1.29 is 23.4 Å². The van der Waals surface area contributed by atoms with Gasteiger partial charge in [-0.15, -0.1) is 0 Å². The lowest BCUT2D eigenvalue weighted by Crippen LogP contribution is -2.45. The van der Waals surface area contributed by atoms with Gasteiger partial charge < -0.3 is 18.6 Å². The van der Waals surface area contributed by atoms with Crippen LogP contribution < -0.4 is 4.74 Å². The molecule has 0 atom stereocenters. The van der Waals surface area contributed by atoms with Gasteiger partial charge in [0.1, 0.15) is 5.56 Å². The van der Waals surface area contributed by atoms with E-state index in [9.17, 15) is 4.79 Å². The van der Waals surface area contributed by atoms with E-state index in [0.717, 1.165) is 37.8 Å². The number of rotatable bonds is 4. The van der Waals surface area contributed by atoms with Gasteiger partial charge in [-0.25, -0.2) is 9.78 Å². The Morgan fingerprint density at radius 3 is 2.73 bits per heavy atom. The van der Waals surface area contributed by atoms with Gasteiger partial charge in [-0.1, -0.05) is 0 Å². The van der Waals surface area contributed by atoms with E-state index in [1.807, 2.05) is 0 Å². The van der Waals surface area contributed by atoms with Gasteiger partial charge in [0.25, 0.3) is 0 Å². The van der Waals surface area contributed by atoms with Gasteiger partial charge in [-0.05, 0) is 39.0 Å². The molecular formula is C19H21FN2O4. The highest BCUT2D eigenvalue weighted by Crippen LogP contribution is 2.58. The zero-order valence-electron chi connectivity index (χ0n) is 14.9. The molecule has 4 aliphatic rings. The number of carbonyl (C=O) groups is 1. The molecule has 0 aromatic carbocycles. The summed E-state index contributed by atoms with van der Waals surface area (Å²) in [6.07, 6.45) is 7.86. The standard InChI is InChI=1S/C19H21FN2O4/c1-18-8-19(9-18,10-25-18)13-7-22-6-12(17(23)24-2)15(14(20)16(22)21-13)26-11-4-3-5-11/h6-7,11H,3-5,8-10H2,1-2H3. The Labute approximate surface area is 150 Å². The summed E-state index contributed by atoms with van der Waals surface area (Å²) in [7, 11) is 1.28. The molecule has 2 saturated carbocycles. The summed E-state index contributed by atoms with van der Waals surface area (Å²) >= 11 is 0. The maximum Gasteiger partial charge on any atom is 0.343 e. The predicted molar refractivity (Wildman–Crippen MR) is 90.0 cm³/mol. The quantitative estimate of drug-likeness (QED) is 0.785. The molecule has 4 heterocycles. The van der Waals surface area contributed by atoms with E-state index in [4.69, 9.17) is 14.2 Å². The Hall–Kier alpha value is -2.15. The van der Waals surface area contributed by atoms with E-state index in [0.29, 0.717) is 6.61 Å². The lowest BCUT2D eigenvalue weighted by molar-refractivity contribution is 0.0154. The van der Waals surface area contributed by atoms with Crippen LogP contribution in [-0.4, -0.2) is 40.8 Å². The molecule has 2 aromatic rings. The fourth-order valence-electron chi connectivity index (χ4n) is 4.50. The summed E-state index contributed by atoms with van der Waals surface area (Å²) in [6, 6.07) is 0. The second-order valence-corrected chi connectivity index (χ2v) is 8.08. The molecule has 6 nitrogen and oxygen atoms in total. The van der Waals surface area contributed by atoms with E-state index < -0.39 is 11.8 Å². The Balaban J connectivity index is 1.61. The number of ether oxygens (including phenoxy) is 3. The molecule has 0 N–H and O–H groups in total. The highest BCUT2D eigenvalue weighted by molar-refractivity contribution is 5.93. The van der Waals surface area contributed by atoms with Gasteiger partial charge in [0, 0.05) is 17.8 Å². The highest BCUT2D eigenvalue weighted by Gasteiger charge is 2.61. The molecule has 0 radical (unpaired) electrons. The number of esters is 1. The first-order valence-corrected chi connectivity index (χ1v) is 9.04. The SMILES string of the molecule is COC(=O)c1cn2cc(C34COC(C)(C3)C4)nc2c(F)c1OC1CCC1. The Morgan fingerprint density at radius 1 is 1.38 bits per heavy atom. The molecule has 2 aliphatic heterocycles. The topological polar surface area (TPSA) is 62.1 Å². The van der Waals surface area contributed by atoms with Crippen LogP contribution in [0.25, 0.3) is 5.65 Å². The van der Waals surface area contributed by atoms with E-state index >= 15 is 4.39 Å². The van der Waals surface area contributed by atoms with Crippen LogP contribution in [0.5, 0.6) is 5.75 Å². The van der Waals surface area contributed by atoms with Crippen molar-refractivity contribution >= 4 is 11.6 Å². The zero-order chi connectivity index (χ0) is 18.1. The molecule has 26 heavy (non-hydrogen) atoms. The normalized spacial score (nSPS) is 30.1. The molecule has 138 valence electrons. The summed E-state index contributed by atoms with van der Waals surface area (Å²) < 4.78 is 33.2. The Morgan fingerprint density at radius 2 is 2.15 bits per heavy atom. The summed E-state index contributed by atoms with van der Waals surface area (Å²) in [4.78, 5) is 16.7. The number of nitrogens with zero attached hydrogens (tertiary/aromatic N) is 2. The van der Waals surface area contributed by atoms with E-state index in [-0.39, 0.29) is 34.1 Å². The van der Waals surface area contributed by atoms with Crippen molar-refractivity contribution in [3.63, 3.8) is 0 Å². The largest absolute Gasteiger partial charge is 0.486 e. The van der Waals surface area contributed by atoms with Crippen LogP contribution in [0, 0.1) is 5.82 Å². The zero-order valence-corrected chi connectivity index (χ0v) is 14.9. The van der Waals surface area contributed by atoms with Crippen molar-refractivity contribution in [2.75, 3.05) is 13.7 Å². The summed E-state index contributed by atoms with van der Waals surface area (Å²) in [6.45, 7) is 2.69.